The van der Waals surface area contributed by atoms with Crippen LogP contribution in [0.5, 0.6) is 5.75 Å². The Balaban J connectivity index is 1.32. The average Bonchev–Trinajstić information content (AvgIpc) is 3.19. The van der Waals surface area contributed by atoms with E-state index in [-0.39, 0.29) is 30.7 Å². The number of amides is 2. The summed E-state index contributed by atoms with van der Waals surface area (Å²) in [7, 11) is 0. The van der Waals surface area contributed by atoms with Crippen molar-refractivity contribution in [3.8, 4) is 5.75 Å². The van der Waals surface area contributed by atoms with E-state index >= 15 is 0 Å². The van der Waals surface area contributed by atoms with Gasteiger partial charge in [0.05, 0.1) is 12.1 Å². The van der Waals surface area contributed by atoms with Crippen LogP contribution in [0.3, 0.4) is 0 Å². The van der Waals surface area contributed by atoms with E-state index in [1.165, 1.54) is 6.07 Å². The standard InChI is InChI=1S/C25H27N3O5/c1-15-11-17-12-18(33-22(17)19-9-10-20(29)27-21(15)19)13-26-23(30)25(2,3)28-24(31)32-14-16-7-5-4-6-8-16/h4-11,18H,12-14H2,1-3H3,(H,26,30)(H,27,29)(H,28,31). The number of alkyl carbamates (subject to hydrolysis) is 1. The summed E-state index contributed by atoms with van der Waals surface area (Å²) in [4.78, 5) is 39.4. The van der Waals surface area contributed by atoms with Crippen LogP contribution in [0.25, 0.3) is 10.9 Å². The Morgan fingerprint density at radius 3 is 2.70 bits per heavy atom. The number of carbonyl (C=O) groups excluding carboxylic acids is 2. The third-order valence-electron chi connectivity index (χ3n) is 5.66. The van der Waals surface area contributed by atoms with Crippen LogP contribution in [0.4, 0.5) is 4.79 Å². The van der Waals surface area contributed by atoms with Crippen molar-refractivity contribution in [2.75, 3.05) is 6.54 Å². The predicted molar refractivity (Wildman–Crippen MR) is 124 cm³/mol. The van der Waals surface area contributed by atoms with Crippen molar-refractivity contribution < 1.29 is 19.1 Å². The molecule has 8 nitrogen and oxygen atoms in total. The summed E-state index contributed by atoms with van der Waals surface area (Å²) in [5, 5.41) is 6.32. The number of carbonyl (C=O) groups is 2. The highest BCUT2D eigenvalue weighted by Gasteiger charge is 2.32. The summed E-state index contributed by atoms with van der Waals surface area (Å²) >= 11 is 0. The molecule has 1 unspecified atom stereocenters. The lowest BCUT2D eigenvalue weighted by atomic mass is 10.0. The molecular weight excluding hydrogens is 422 g/mol. The number of hydrogen-bond acceptors (Lipinski definition) is 5. The summed E-state index contributed by atoms with van der Waals surface area (Å²) in [6.45, 7) is 5.57. The maximum absolute atomic E-state index is 12.7. The van der Waals surface area contributed by atoms with Gasteiger partial charge in [-0.1, -0.05) is 36.4 Å². The maximum atomic E-state index is 12.7. The fourth-order valence-corrected chi connectivity index (χ4v) is 3.90. The van der Waals surface area contributed by atoms with Crippen molar-refractivity contribution >= 4 is 22.9 Å². The van der Waals surface area contributed by atoms with Gasteiger partial charge < -0.3 is 25.1 Å². The Kier molecular flexibility index (Phi) is 6.09. The predicted octanol–water partition coefficient (Wildman–Crippen LogP) is 2.96. The fourth-order valence-electron chi connectivity index (χ4n) is 3.90. The monoisotopic (exact) mass is 449 g/mol. The Labute approximate surface area is 191 Å². The van der Waals surface area contributed by atoms with Gasteiger partial charge in [-0.05, 0) is 43.5 Å². The number of ether oxygens (including phenoxy) is 2. The molecule has 0 radical (unpaired) electrons. The number of H-pyrrole nitrogens is 1. The van der Waals surface area contributed by atoms with E-state index in [1.54, 1.807) is 19.9 Å². The Morgan fingerprint density at radius 2 is 1.94 bits per heavy atom. The van der Waals surface area contributed by atoms with Crippen LogP contribution in [0.2, 0.25) is 0 Å². The van der Waals surface area contributed by atoms with Crippen LogP contribution in [0.15, 0.2) is 53.3 Å². The van der Waals surface area contributed by atoms with E-state index in [2.05, 4.69) is 15.6 Å². The molecule has 8 heteroatoms. The van der Waals surface area contributed by atoms with E-state index in [1.807, 2.05) is 43.3 Å². The zero-order valence-corrected chi connectivity index (χ0v) is 18.9. The van der Waals surface area contributed by atoms with E-state index in [4.69, 9.17) is 9.47 Å². The Bertz CT molecular complexity index is 1250. The van der Waals surface area contributed by atoms with E-state index in [0.717, 1.165) is 33.3 Å². The first-order valence-corrected chi connectivity index (χ1v) is 10.8. The van der Waals surface area contributed by atoms with Crippen LogP contribution in [-0.2, 0) is 22.6 Å². The molecule has 2 aromatic carbocycles. The minimum Gasteiger partial charge on any atom is -0.487 e. The van der Waals surface area contributed by atoms with Gasteiger partial charge in [-0.15, -0.1) is 0 Å². The van der Waals surface area contributed by atoms with Gasteiger partial charge in [-0.2, -0.15) is 0 Å². The molecule has 4 rings (SSSR count). The molecule has 0 saturated heterocycles. The molecule has 0 fully saturated rings. The van der Waals surface area contributed by atoms with Gasteiger partial charge in [0.2, 0.25) is 11.5 Å². The highest BCUT2D eigenvalue weighted by Crippen LogP contribution is 2.36. The highest BCUT2D eigenvalue weighted by molar-refractivity contribution is 5.90. The number of aromatic amines is 1. The van der Waals surface area contributed by atoms with Gasteiger partial charge >= 0.3 is 6.09 Å². The number of pyridine rings is 1. The SMILES string of the molecule is Cc1cc2c(c3ccc(=O)[nH]c13)OC(CNC(=O)C(C)(C)NC(=O)OCc1ccccc1)C2. The zero-order chi connectivity index (χ0) is 23.6. The fraction of sp³-hybridized carbons (Fsp3) is 0.320. The first kappa shape index (κ1) is 22.4. The number of aromatic nitrogens is 1. The number of fused-ring (bicyclic) bond motifs is 3. The zero-order valence-electron chi connectivity index (χ0n) is 18.9. The summed E-state index contributed by atoms with van der Waals surface area (Å²) in [6, 6.07) is 14.6. The first-order valence-electron chi connectivity index (χ1n) is 10.8. The van der Waals surface area contributed by atoms with Crippen molar-refractivity contribution in [1.29, 1.82) is 0 Å². The maximum Gasteiger partial charge on any atom is 0.408 e. The molecule has 0 spiro atoms. The Hall–Kier alpha value is -3.81. The quantitative estimate of drug-likeness (QED) is 0.536. The number of benzene rings is 2. The molecule has 0 aliphatic carbocycles. The van der Waals surface area contributed by atoms with Crippen molar-refractivity contribution in [3.05, 3.63) is 75.6 Å². The van der Waals surface area contributed by atoms with E-state index in [9.17, 15) is 14.4 Å². The van der Waals surface area contributed by atoms with Gasteiger partial charge in [0, 0.05) is 17.9 Å². The Morgan fingerprint density at radius 1 is 1.18 bits per heavy atom. The first-order chi connectivity index (χ1) is 15.7. The molecule has 1 aliphatic heterocycles. The average molecular weight is 450 g/mol. The van der Waals surface area contributed by atoms with E-state index < -0.39 is 11.6 Å². The minimum atomic E-state index is -1.16. The molecule has 2 amide bonds. The van der Waals surface area contributed by atoms with Crippen LogP contribution in [-0.4, -0.2) is 35.2 Å². The third kappa shape index (κ3) is 5.00. The van der Waals surface area contributed by atoms with Crippen LogP contribution in [0.1, 0.15) is 30.5 Å². The van der Waals surface area contributed by atoms with Gasteiger partial charge in [0.25, 0.3) is 0 Å². The lowest BCUT2D eigenvalue weighted by molar-refractivity contribution is -0.126. The molecule has 172 valence electrons. The number of aryl methyl sites for hydroxylation is 1. The highest BCUT2D eigenvalue weighted by atomic mass is 16.5. The van der Waals surface area contributed by atoms with Gasteiger partial charge in [0.1, 0.15) is 24.0 Å². The largest absolute Gasteiger partial charge is 0.487 e. The number of rotatable bonds is 6. The van der Waals surface area contributed by atoms with Crippen molar-refractivity contribution in [1.82, 2.24) is 15.6 Å². The van der Waals surface area contributed by atoms with Crippen LogP contribution in [0, 0.1) is 6.92 Å². The molecule has 3 aromatic rings. The molecule has 1 aromatic heterocycles. The lowest BCUT2D eigenvalue weighted by Crippen LogP contribution is -2.56. The molecule has 1 aliphatic rings. The third-order valence-corrected chi connectivity index (χ3v) is 5.66. The second-order valence-electron chi connectivity index (χ2n) is 8.76. The number of hydrogen-bond donors (Lipinski definition) is 3. The summed E-state index contributed by atoms with van der Waals surface area (Å²) < 4.78 is 11.3. The summed E-state index contributed by atoms with van der Waals surface area (Å²) in [5.74, 6) is 0.386. The lowest BCUT2D eigenvalue weighted by Gasteiger charge is -2.25. The van der Waals surface area contributed by atoms with Crippen LogP contribution >= 0.6 is 0 Å². The summed E-state index contributed by atoms with van der Waals surface area (Å²) in [5.41, 5.74) is 2.29. The van der Waals surface area contributed by atoms with Crippen molar-refractivity contribution in [2.45, 2.75) is 45.4 Å². The van der Waals surface area contributed by atoms with Crippen molar-refractivity contribution in [2.24, 2.45) is 0 Å². The molecule has 33 heavy (non-hydrogen) atoms. The van der Waals surface area contributed by atoms with Gasteiger partial charge in [-0.3, -0.25) is 9.59 Å². The van der Waals surface area contributed by atoms with Gasteiger partial charge in [0.15, 0.2) is 0 Å². The van der Waals surface area contributed by atoms with Crippen LogP contribution < -0.4 is 20.9 Å². The topological polar surface area (TPSA) is 110 Å². The molecule has 1 atom stereocenters. The minimum absolute atomic E-state index is 0.122. The van der Waals surface area contributed by atoms with Gasteiger partial charge in [-0.25, -0.2) is 4.79 Å². The van der Waals surface area contributed by atoms with E-state index in [0.29, 0.717) is 6.42 Å². The molecule has 3 N–H and O–H groups in total. The molecular formula is C25H27N3O5. The summed E-state index contributed by atoms with van der Waals surface area (Å²) in [6.07, 6.45) is -0.278. The number of nitrogens with one attached hydrogen (secondary N) is 3. The van der Waals surface area contributed by atoms with Crippen molar-refractivity contribution in [3.63, 3.8) is 0 Å². The second-order valence-corrected chi connectivity index (χ2v) is 8.76. The molecule has 0 bridgehead atoms. The molecule has 0 saturated carbocycles. The molecule has 2 heterocycles. The second kappa shape index (κ2) is 8.97. The smallest absolute Gasteiger partial charge is 0.408 e. The normalized spacial score (nSPS) is 14.9.